The highest BCUT2D eigenvalue weighted by Crippen LogP contribution is 2.23. The summed E-state index contributed by atoms with van der Waals surface area (Å²) in [6.45, 7) is 5.96. The summed E-state index contributed by atoms with van der Waals surface area (Å²) in [5, 5.41) is 6.25. The Kier molecular flexibility index (Phi) is 5.27. The van der Waals surface area contributed by atoms with Crippen LogP contribution in [-0.2, 0) is 11.3 Å². The van der Waals surface area contributed by atoms with E-state index in [9.17, 15) is 4.79 Å². The first kappa shape index (κ1) is 16.4. The van der Waals surface area contributed by atoms with Crippen LogP contribution in [0.25, 0.3) is 0 Å². The molecular formula is C16H18ClN3O2S. The highest BCUT2D eigenvalue weighted by atomic mass is 35.5. The van der Waals surface area contributed by atoms with Gasteiger partial charge in [-0.2, -0.15) is 0 Å². The monoisotopic (exact) mass is 351 g/mol. The van der Waals surface area contributed by atoms with Crippen LogP contribution in [-0.4, -0.2) is 42.1 Å². The Hall–Kier alpha value is -1.47. The quantitative estimate of drug-likeness (QED) is 0.919. The van der Waals surface area contributed by atoms with Crippen LogP contribution >= 0.6 is 22.9 Å². The molecule has 0 bridgehead atoms. The molecule has 1 aliphatic rings. The van der Waals surface area contributed by atoms with Crippen molar-refractivity contribution in [2.45, 2.75) is 13.5 Å². The van der Waals surface area contributed by atoms with Crippen LogP contribution in [0, 0.1) is 6.92 Å². The predicted molar refractivity (Wildman–Crippen MR) is 92.4 cm³/mol. The van der Waals surface area contributed by atoms with E-state index in [-0.39, 0.29) is 5.91 Å². The van der Waals surface area contributed by atoms with Crippen LogP contribution in [0.3, 0.4) is 0 Å². The number of amides is 1. The van der Waals surface area contributed by atoms with Gasteiger partial charge in [0.25, 0.3) is 5.91 Å². The minimum Gasteiger partial charge on any atom is -0.379 e. The van der Waals surface area contributed by atoms with Gasteiger partial charge in [0.15, 0.2) is 0 Å². The first-order valence-corrected chi connectivity index (χ1v) is 8.70. The van der Waals surface area contributed by atoms with Gasteiger partial charge in [-0.1, -0.05) is 17.7 Å². The maximum atomic E-state index is 12.3. The number of hydrogen-bond donors (Lipinski definition) is 1. The second-order valence-corrected chi connectivity index (χ2v) is 6.73. The molecule has 2 heterocycles. The molecule has 7 heteroatoms. The van der Waals surface area contributed by atoms with Gasteiger partial charge in [0.05, 0.1) is 19.8 Å². The normalized spacial score (nSPS) is 15.6. The van der Waals surface area contributed by atoms with Crippen molar-refractivity contribution in [1.29, 1.82) is 0 Å². The minimum atomic E-state index is -0.208. The fourth-order valence-corrected chi connectivity index (χ4v) is 3.36. The maximum absolute atomic E-state index is 12.3. The third-order valence-corrected chi connectivity index (χ3v) is 5.01. The van der Waals surface area contributed by atoms with Crippen LogP contribution in [0.1, 0.15) is 21.1 Å². The van der Waals surface area contributed by atoms with E-state index in [1.165, 1.54) is 11.3 Å². The molecule has 2 aromatic rings. The summed E-state index contributed by atoms with van der Waals surface area (Å²) in [6, 6.07) is 5.45. The van der Waals surface area contributed by atoms with Crippen LogP contribution < -0.4 is 5.32 Å². The molecule has 122 valence electrons. The molecule has 1 aromatic carbocycles. The maximum Gasteiger partial charge on any atom is 0.275 e. The SMILES string of the molecule is Cc1c(Cl)cccc1NC(=O)c1csc(CN2CCOCC2)n1. The second kappa shape index (κ2) is 7.40. The molecule has 1 fully saturated rings. The van der Waals surface area contributed by atoms with Crippen molar-refractivity contribution < 1.29 is 9.53 Å². The summed E-state index contributed by atoms with van der Waals surface area (Å²) in [5.74, 6) is -0.208. The number of carbonyl (C=O) groups is 1. The van der Waals surface area contributed by atoms with Crippen molar-refractivity contribution >= 4 is 34.5 Å². The molecule has 0 atom stereocenters. The Morgan fingerprint density at radius 2 is 2.22 bits per heavy atom. The molecule has 0 spiro atoms. The average molecular weight is 352 g/mol. The van der Waals surface area contributed by atoms with E-state index in [0.29, 0.717) is 16.4 Å². The van der Waals surface area contributed by atoms with Gasteiger partial charge in [-0.3, -0.25) is 9.69 Å². The summed E-state index contributed by atoms with van der Waals surface area (Å²) in [7, 11) is 0. The van der Waals surface area contributed by atoms with Crippen molar-refractivity contribution in [2.75, 3.05) is 31.6 Å². The van der Waals surface area contributed by atoms with E-state index in [1.54, 1.807) is 11.4 Å². The molecule has 1 amide bonds. The molecule has 0 aliphatic carbocycles. The van der Waals surface area contributed by atoms with Crippen molar-refractivity contribution in [3.63, 3.8) is 0 Å². The van der Waals surface area contributed by atoms with Crippen molar-refractivity contribution in [1.82, 2.24) is 9.88 Å². The van der Waals surface area contributed by atoms with Gasteiger partial charge in [-0.05, 0) is 24.6 Å². The number of ether oxygens (including phenoxy) is 1. The van der Waals surface area contributed by atoms with Gasteiger partial charge in [-0.15, -0.1) is 11.3 Å². The lowest BCUT2D eigenvalue weighted by molar-refractivity contribution is 0.0341. The summed E-state index contributed by atoms with van der Waals surface area (Å²) in [5.41, 5.74) is 2.01. The Balaban J connectivity index is 1.65. The van der Waals surface area contributed by atoms with E-state index in [0.717, 1.165) is 43.4 Å². The number of benzene rings is 1. The fraction of sp³-hybridized carbons (Fsp3) is 0.375. The topological polar surface area (TPSA) is 54.5 Å². The zero-order valence-corrected chi connectivity index (χ0v) is 14.4. The largest absolute Gasteiger partial charge is 0.379 e. The summed E-state index contributed by atoms with van der Waals surface area (Å²) in [6.07, 6.45) is 0. The van der Waals surface area contributed by atoms with Gasteiger partial charge in [0.1, 0.15) is 10.7 Å². The Labute approximate surface area is 144 Å². The van der Waals surface area contributed by atoms with Gasteiger partial charge in [-0.25, -0.2) is 4.98 Å². The molecule has 0 unspecified atom stereocenters. The number of nitrogens with zero attached hydrogens (tertiary/aromatic N) is 2. The molecule has 3 rings (SSSR count). The first-order valence-electron chi connectivity index (χ1n) is 7.44. The standard InChI is InChI=1S/C16H18ClN3O2S/c1-11-12(17)3-2-4-13(11)19-16(21)14-10-23-15(18-14)9-20-5-7-22-8-6-20/h2-4,10H,5-9H2,1H3,(H,19,21). The lowest BCUT2D eigenvalue weighted by Gasteiger charge is -2.25. The van der Waals surface area contributed by atoms with E-state index in [4.69, 9.17) is 16.3 Å². The van der Waals surface area contributed by atoms with Crippen LogP contribution in [0.15, 0.2) is 23.6 Å². The van der Waals surface area contributed by atoms with Crippen molar-refractivity contribution in [2.24, 2.45) is 0 Å². The molecule has 1 saturated heterocycles. The minimum absolute atomic E-state index is 0.208. The highest BCUT2D eigenvalue weighted by molar-refractivity contribution is 7.09. The first-order chi connectivity index (χ1) is 11.1. The lowest BCUT2D eigenvalue weighted by Crippen LogP contribution is -2.35. The zero-order valence-electron chi connectivity index (χ0n) is 12.8. The molecule has 1 N–H and O–H groups in total. The van der Waals surface area contributed by atoms with Crippen LogP contribution in [0.5, 0.6) is 0 Å². The van der Waals surface area contributed by atoms with Gasteiger partial charge < -0.3 is 10.1 Å². The number of nitrogens with one attached hydrogen (secondary N) is 1. The third-order valence-electron chi connectivity index (χ3n) is 3.76. The van der Waals surface area contributed by atoms with Crippen LogP contribution in [0.4, 0.5) is 5.69 Å². The van der Waals surface area contributed by atoms with Gasteiger partial charge in [0, 0.05) is 29.2 Å². The Bertz CT molecular complexity index is 698. The van der Waals surface area contributed by atoms with Crippen LogP contribution in [0.2, 0.25) is 5.02 Å². The Morgan fingerprint density at radius 3 is 3.00 bits per heavy atom. The number of hydrogen-bond acceptors (Lipinski definition) is 5. The number of anilines is 1. The molecular weight excluding hydrogens is 334 g/mol. The van der Waals surface area contributed by atoms with E-state index in [1.807, 2.05) is 19.1 Å². The molecule has 0 saturated carbocycles. The molecule has 0 radical (unpaired) electrons. The molecule has 1 aromatic heterocycles. The van der Waals surface area contributed by atoms with E-state index < -0.39 is 0 Å². The van der Waals surface area contributed by atoms with Crippen molar-refractivity contribution in [3.05, 3.63) is 44.9 Å². The second-order valence-electron chi connectivity index (χ2n) is 5.38. The molecule has 23 heavy (non-hydrogen) atoms. The number of thiazole rings is 1. The Morgan fingerprint density at radius 1 is 1.43 bits per heavy atom. The predicted octanol–water partition coefficient (Wildman–Crippen LogP) is 3.19. The van der Waals surface area contributed by atoms with Crippen molar-refractivity contribution in [3.8, 4) is 0 Å². The fourth-order valence-electron chi connectivity index (χ4n) is 2.37. The van der Waals surface area contributed by atoms with Gasteiger partial charge >= 0.3 is 0 Å². The van der Waals surface area contributed by atoms with Gasteiger partial charge in [0.2, 0.25) is 0 Å². The van der Waals surface area contributed by atoms with E-state index >= 15 is 0 Å². The molecule has 1 aliphatic heterocycles. The van der Waals surface area contributed by atoms with E-state index in [2.05, 4.69) is 15.2 Å². The number of rotatable bonds is 4. The smallest absolute Gasteiger partial charge is 0.275 e. The zero-order chi connectivity index (χ0) is 16.2. The lowest BCUT2D eigenvalue weighted by atomic mass is 10.2. The summed E-state index contributed by atoms with van der Waals surface area (Å²) >= 11 is 7.58. The number of halogens is 1. The summed E-state index contributed by atoms with van der Waals surface area (Å²) in [4.78, 5) is 19.1. The number of carbonyl (C=O) groups excluding carboxylic acids is 1. The third kappa shape index (κ3) is 4.09. The number of aromatic nitrogens is 1. The average Bonchev–Trinajstić information content (AvgIpc) is 3.01. The highest BCUT2D eigenvalue weighted by Gasteiger charge is 2.16. The molecule has 5 nitrogen and oxygen atoms in total. The summed E-state index contributed by atoms with van der Waals surface area (Å²) < 4.78 is 5.33. The number of morpholine rings is 1.